The summed E-state index contributed by atoms with van der Waals surface area (Å²) in [7, 11) is 3.87. The Bertz CT molecular complexity index is 1300. The lowest BCUT2D eigenvalue weighted by atomic mass is 10.1. The van der Waals surface area contributed by atoms with Crippen LogP contribution in [0.4, 0.5) is 11.4 Å². The number of nitrogens with one attached hydrogen (secondary N) is 1. The zero-order valence-corrected chi connectivity index (χ0v) is 23.6. The van der Waals surface area contributed by atoms with Gasteiger partial charge in [-0.2, -0.15) is 5.26 Å². The molecule has 1 amide bonds. The van der Waals surface area contributed by atoms with Crippen LogP contribution in [0.25, 0.3) is 6.08 Å². The Labute approximate surface area is 234 Å². The van der Waals surface area contributed by atoms with Gasteiger partial charge in [-0.15, -0.1) is 0 Å². The van der Waals surface area contributed by atoms with E-state index in [0.717, 1.165) is 9.26 Å². The molecule has 0 aromatic heterocycles. The van der Waals surface area contributed by atoms with Crippen LogP contribution in [0.2, 0.25) is 10.0 Å². The molecule has 0 unspecified atom stereocenters. The average Bonchev–Trinajstić information content (AvgIpc) is 2.84. The lowest BCUT2D eigenvalue weighted by Crippen LogP contribution is -2.14. The molecule has 3 aromatic carbocycles. The molecule has 3 aromatic rings. The van der Waals surface area contributed by atoms with Crippen molar-refractivity contribution >= 4 is 69.2 Å². The van der Waals surface area contributed by atoms with Gasteiger partial charge in [0.25, 0.3) is 5.91 Å². The molecule has 36 heavy (non-hydrogen) atoms. The SMILES string of the molecule is CCOc1cc(/C=C(/C#N)C(=O)Nc2ccc(N(C)C)cc2)cc(I)c1OCc1c(Cl)cccc1Cl. The van der Waals surface area contributed by atoms with E-state index in [-0.39, 0.29) is 12.2 Å². The summed E-state index contributed by atoms with van der Waals surface area (Å²) in [6.07, 6.45) is 1.52. The van der Waals surface area contributed by atoms with E-state index in [0.29, 0.717) is 45.0 Å². The van der Waals surface area contributed by atoms with Gasteiger partial charge >= 0.3 is 0 Å². The fourth-order valence-corrected chi connectivity index (χ4v) is 4.53. The molecule has 0 saturated heterocycles. The quantitative estimate of drug-likeness (QED) is 0.153. The van der Waals surface area contributed by atoms with Crippen molar-refractivity contribution in [3.05, 3.63) is 84.9 Å². The number of nitrogens with zero attached hydrogens (tertiary/aromatic N) is 2. The standard InChI is InChI=1S/C27H24Cl2IN3O3/c1-4-35-25-14-17(13-24(30)26(25)36-16-21-22(28)6-5-7-23(21)29)12-18(15-31)27(34)32-19-8-10-20(11-9-19)33(2)3/h5-14H,4,16H2,1-3H3,(H,32,34)/b18-12-. The largest absolute Gasteiger partial charge is 0.490 e. The smallest absolute Gasteiger partial charge is 0.266 e. The summed E-state index contributed by atoms with van der Waals surface area (Å²) in [4.78, 5) is 14.7. The van der Waals surface area contributed by atoms with Crippen LogP contribution in [0, 0.1) is 14.9 Å². The Balaban J connectivity index is 1.84. The highest BCUT2D eigenvalue weighted by Gasteiger charge is 2.16. The molecule has 0 spiro atoms. The van der Waals surface area contributed by atoms with Crippen LogP contribution >= 0.6 is 45.8 Å². The molecule has 0 radical (unpaired) electrons. The number of carbonyl (C=O) groups is 1. The summed E-state index contributed by atoms with van der Waals surface area (Å²) >= 11 is 14.7. The Morgan fingerprint density at radius 1 is 1.11 bits per heavy atom. The molecule has 0 aliphatic heterocycles. The molecule has 0 saturated carbocycles. The number of benzene rings is 3. The van der Waals surface area contributed by atoms with E-state index in [2.05, 4.69) is 27.9 Å². The highest BCUT2D eigenvalue weighted by Crippen LogP contribution is 2.36. The minimum atomic E-state index is -0.503. The second-order valence-corrected chi connectivity index (χ2v) is 9.79. The van der Waals surface area contributed by atoms with Gasteiger partial charge in [0.2, 0.25) is 0 Å². The first-order chi connectivity index (χ1) is 17.2. The van der Waals surface area contributed by atoms with E-state index in [1.807, 2.05) is 50.2 Å². The first kappa shape index (κ1) is 27.7. The minimum absolute atomic E-state index is 0.0403. The van der Waals surface area contributed by atoms with Crippen LogP contribution in [0.5, 0.6) is 11.5 Å². The maximum absolute atomic E-state index is 12.8. The minimum Gasteiger partial charge on any atom is -0.490 e. The molecule has 0 heterocycles. The number of carbonyl (C=O) groups excluding carboxylic acids is 1. The highest BCUT2D eigenvalue weighted by atomic mass is 127. The van der Waals surface area contributed by atoms with Gasteiger partial charge in [-0.1, -0.05) is 29.3 Å². The average molecular weight is 636 g/mol. The molecular formula is C27H24Cl2IN3O3. The van der Waals surface area contributed by atoms with Crippen LogP contribution < -0.4 is 19.7 Å². The monoisotopic (exact) mass is 635 g/mol. The second kappa shape index (κ2) is 12.9. The number of hydrogen-bond donors (Lipinski definition) is 1. The van der Waals surface area contributed by atoms with Crippen molar-refractivity contribution in [2.24, 2.45) is 0 Å². The van der Waals surface area contributed by atoms with Crippen molar-refractivity contribution in [1.82, 2.24) is 0 Å². The maximum atomic E-state index is 12.8. The van der Waals surface area contributed by atoms with E-state index in [1.54, 1.807) is 36.4 Å². The Hall–Kier alpha value is -2.93. The molecule has 1 N–H and O–H groups in total. The number of rotatable bonds is 9. The number of nitriles is 1. The Morgan fingerprint density at radius 2 is 1.78 bits per heavy atom. The van der Waals surface area contributed by atoms with Gasteiger partial charge in [0.1, 0.15) is 18.2 Å². The van der Waals surface area contributed by atoms with Crippen LogP contribution in [-0.2, 0) is 11.4 Å². The Kier molecular flexibility index (Phi) is 9.88. The van der Waals surface area contributed by atoms with E-state index in [4.69, 9.17) is 32.7 Å². The van der Waals surface area contributed by atoms with Gasteiger partial charge in [-0.05, 0) is 89.7 Å². The molecule has 186 valence electrons. The van der Waals surface area contributed by atoms with Gasteiger partial charge in [0, 0.05) is 41.1 Å². The molecule has 0 aliphatic rings. The molecule has 0 atom stereocenters. The number of amides is 1. The van der Waals surface area contributed by atoms with Crippen molar-refractivity contribution < 1.29 is 14.3 Å². The van der Waals surface area contributed by atoms with Gasteiger partial charge in [-0.25, -0.2) is 0 Å². The summed E-state index contributed by atoms with van der Waals surface area (Å²) < 4.78 is 12.6. The van der Waals surface area contributed by atoms with Crippen molar-refractivity contribution in [2.75, 3.05) is 30.9 Å². The van der Waals surface area contributed by atoms with Crippen molar-refractivity contribution in [1.29, 1.82) is 5.26 Å². The predicted molar refractivity (Wildman–Crippen MR) is 154 cm³/mol. The lowest BCUT2D eigenvalue weighted by molar-refractivity contribution is -0.112. The van der Waals surface area contributed by atoms with Gasteiger partial charge in [0.15, 0.2) is 11.5 Å². The topological polar surface area (TPSA) is 74.6 Å². The number of ether oxygens (including phenoxy) is 2. The summed E-state index contributed by atoms with van der Waals surface area (Å²) in [5.74, 6) is 0.502. The third kappa shape index (κ3) is 7.06. The van der Waals surface area contributed by atoms with Gasteiger partial charge in [0.05, 0.1) is 10.2 Å². The fraction of sp³-hybridized carbons (Fsp3) is 0.185. The summed E-state index contributed by atoms with van der Waals surface area (Å²) in [5, 5.41) is 13.4. The number of anilines is 2. The maximum Gasteiger partial charge on any atom is 0.266 e. The number of halogens is 3. The van der Waals surface area contributed by atoms with Crippen LogP contribution in [0.3, 0.4) is 0 Å². The zero-order chi connectivity index (χ0) is 26.2. The lowest BCUT2D eigenvalue weighted by Gasteiger charge is -2.16. The van der Waals surface area contributed by atoms with E-state index < -0.39 is 5.91 Å². The first-order valence-corrected chi connectivity index (χ1v) is 12.8. The predicted octanol–water partition coefficient (Wildman–Crippen LogP) is 7.19. The third-order valence-electron chi connectivity index (χ3n) is 5.07. The van der Waals surface area contributed by atoms with E-state index in [9.17, 15) is 10.1 Å². The van der Waals surface area contributed by atoms with Crippen LogP contribution in [-0.4, -0.2) is 26.6 Å². The fourth-order valence-electron chi connectivity index (χ4n) is 3.25. The highest BCUT2D eigenvalue weighted by molar-refractivity contribution is 14.1. The summed E-state index contributed by atoms with van der Waals surface area (Å²) in [5.41, 5.74) is 2.85. The Morgan fingerprint density at radius 3 is 2.36 bits per heavy atom. The van der Waals surface area contributed by atoms with E-state index in [1.165, 1.54) is 6.08 Å². The first-order valence-electron chi connectivity index (χ1n) is 11.0. The number of hydrogen-bond acceptors (Lipinski definition) is 5. The third-order valence-corrected chi connectivity index (χ3v) is 6.58. The van der Waals surface area contributed by atoms with E-state index >= 15 is 0 Å². The van der Waals surface area contributed by atoms with Gasteiger partial charge in [-0.3, -0.25) is 4.79 Å². The molecular weight excluding hydrogens is 612 g/mol. The molecule has 0 fully saturated rings. The second-order valence-electron chi connectivity index (χ2n) is 7.82. The van der Waals surface area contributed by atoms with Crippen molar-refractivity contribution in [3.8, 4) is 17.6 Å². The van der Waals surface area contributed by atoms with Crippen molar-refractivity contribution in [2.45, 2.75) is 13.5 Å². The molecule has 6 nitrogen and oxygen atoms in total. The summed E-state index contributed by atoms with van der Waals surface area (Å²) in [6.45, 7) is 2.42. The zero-order valence-electron chi connectivity index (χ0n) is 19.9. The molecule has 3 rings (SSSR count). The van der Waals surface area contributed by atoms with Crippen molar-refractivity contribution in [3.63, 3.8) is 0 Å². The van der Waals surface area contributed by atoms with Gasteiger partial charge < -0.3 is 19.7 Å². The normalized spacial score (nSPS) is 11.0. The molecule has 9 heteroatoms. The molecule has 0 bridgehead atoms. The molecule has 0 aliphatic carbocycles. The van der Waals surface area contributed by atoms with Crippen LogP contribution in [0.15, 0.2) is 60.2 Å². The van der Waals surface area contributed by atoms with Crippen LogP contribution in [0.1, 0.15) is 18.1 Å². The summed E-state index contributed by atoms with van der Waals surface area (Å²) in [6, 6.07) is 18.1.